The molecular weight excluding hydrogens is 458 g/mol. The summed E-state index contributed by atoms with van der Waals surface area (Å²) in [5.41, 5.74) is 2.68. The van der Waals surface area contributed by atoms with Crippen molar-refractivity contribution in [3.8, 4) is 11.1 Å². The van der Waals surface area contributed by atoms with E-state index >= 15 is 0 Å². The molecule has 3 rings (SSSR count). The van der Waals surface area contributed by atoms with Gasteiger partial charge in [-0.3, -0.25) is 14.4 Å². The summed E-state index contributed by atoms with van der Waals surface area (Å²) < 4.78 is 9.66. The molecule has 1 aliphatic rings. The van der Waals surface area contributed by atoms with Gasteiger partial charge in [-0.25, -0.2) is 14.5 Å². The predicted molar refractivity (Wildman–Crippen MR) is 121 cm³/mol. The highest BCUT2D eigenvalue weighted by molar-refractivity contribution is 6.03. The van der Waals surface area contributed by atoms with Crippen LogP contribution in [0.15, 0.2) is 54.6 Å². The van der Waals surface area contributed by atoms with Gasteiger partial charge in [0.25, 0.3) is 5.91 Å². The van der Waals surface area contributed by atoms with Crippen molar-refractivity contribution in [1.29, 1.82) is 0 Å². The highest BCUT2D eigenvalue weighted by atomic mass is 16.6. The van der Waals surface area contributed by atoms with Gasteiger partial charge in [0.05, 0.1) is 5.92 Å². The molecule has 0 radical (unpaired) electrons. The Bertz CT molecular complexity index is 1110. The summed E-state index contributed by atoms with van der Waals surface area (Å²) in [6, 6.07) is 16.1. The van der Waals surface area contributed by atoms with Crippen molar-refractivity contribution >= 4 is 29.9 Å². The van der Waals surface area contributed by atoms with E-state index in [1.807, 2.05) is 54.6 Å². The number of hydrogen-bond acceptors (Lipinski definition) is 7. The van der Waals surface area contributed by atoms with Crippen LogP contribution in [0, 0.1) is 5.92 Å². The van der Waals surface area contributed by atoms with Crippen LogP contribution in [-0.2, 0) is 35.1 Å². The molecule has 10 heteroatoms. The summed E-state index contributed by atoms with van der Waals surface area (Å²) in [4.78, 5) is 60.7. The van der Waals surface area contributed by atoms with Crippen molar-refractivity contribution in [2.24, 2.45) is 5.92 Å². The molecule has 1 saturated heterocycles. The Kier molecular flexibility index (Phi) is 7.85. The molecule has 4 atom stereocenters. The van der Waals surface area contributed by atoms with E-state index in [-0.39, 0.29) is 12.8 Å². The Labute approximate surface area is 201 Å². The van der Waals surface area contributed by atoms with Gasteiger partial charge in [0.2, 0.25) is 12.2 Å². The number of esters is 1. The van der Waals surface area contributed by atoms with Crippen molar-refractivity contribution in [2.75, 3.05) is 0 Å². The molecular formula is C25H25NO9. The summed E-state index contributed by atoms with van der Waals surface area (Å²) in [5.74, 6) is -5.65. The van der Waals surface area contributed by atoms with Gasteiger partial charge in [-0.2, -0.15) is 0 Å². The predicted octanol–water partition coefficient (Wildman–Crippen LogP) is 2.74. The average molecular weight is 483 g/mol. The van der Waals surface area contributed by atoms with Gasteiger partial charge in [-0.1, -0.05) is 61.5 Å². The molecule has 0 saturated carbocycles. The molecule has 2 N–H and O–H groups in total. The van der Waals surface area contributed by atoms with Crippen molar-refractivity contribution in [2.45, 2.75) is 44.9 Å². The third-order valence-electron chi connectivity index (χ3n) is 5.66. The van der Waals surface area contributed by atoms with Crippen molar-refractivity contribution < 1.29 is 43.7 Å². The molecule has 2 aromatic rings. The number of amides is 2. The minimum atomic E-state index is -2.02. The number of cyclic esters (lactones) is 1. The van der Waals surface area contributed by atoms with Gasteiger partial charge in [0.1, 0.15) is 0 Å². The number of benzene rings is 2. The van der Waals surface area contributed by atoms with Crippen molar-refractivity contribution in [3.05, 3.63) is 60.2 Å². The standard InChI is InChI=1S/C25H25NO9/c1-14(23(29)30)12-19(13-16-8-10-18(11-9-16)17-6-4-3-5-7-17)26-22(28)20(35-25(26)33)21(24(31)32)34-15(2)27/h3-11,14,19-21H,12-13H2,1-2H3,(H,29,30)(H,31,32)/t14-,19+,20+,21+/m1/s1. The van der Waals surface area contributed by atoms with Gasteiger partial charge in [0.15, 0.2) is 0 Å². The lowest BCUT2D eigenvalue weighted by Crippen LogP contribution is -2.47. The Morgan fingerprint density at radius 1 is 0.971 bits per heavy atom. The van der Waals surface area contributed by atoms with Gasteiger partial charge in [-0.05, 0) is 29.5 Å². The van der Waals surface area contributed by atoms with E-state index in [2.05, 4.69) is 4.74 Å². The van der Waals surface area contributed by atoms with E-state index in [9.17, 15) is 34.2 Å². The summed E-state index contributed by atoms with van der Waals surface area (Å²) >= 11 is 0. The fourth-order valence-electron chi connectivity index (χ4n) is 3.91. The molecule has 184 valence electrons. The SMILES string of the molecule is CC(=O)O[C@H](C(=O)O)[C@@H]1OC(=O)N([C@H](Cc2ccc(-c3ccccc3)cc2)C[C@@H](C)C(=O)O)C1=O. The fourth-order valence-corrected chi connectivity index (χ4v) is 3.91. The van der Waals surface area contributed by atoms with Crippen molar-refractivity contribution in [3.63, 3.8) is 0 Å². The first-order valence-electron chi connectivity index (χ1n) is 10.9. The molecule has 10 nitrogen and oxygen atoms in total. The first kappa shape index (κ1) is 25.4. The van der Waals surface area contributed by atoms with Crippen LogP contribution in [0.3, 0.4) is 0 Å². The number of aliphatic carboxylic acids is 2. The molecule has 1 aliphatic heterocycles. The second-order valence-corrected chi connectivity index (χ2v) is 8.28. The zero-order valence-electron chi connectivity index (χ0n) is 19.1. The molecule has 1 heterocycles. The summed E-state index contributed by atoms with van der Waals surface area (Å²) in [6.45, 7) is 2.40. The number of ether oxygens (including phenoxy) is 2. The molecule has 1 fully saturated rings. The lowest BCUT2D eigenvalue weighted by molar-refractivity contribution is -0.171. The number of carbonyl (C=O) groups excluding carboxylic acids is 3. The molecule has 35 heavy (non-hydrogen) atoms. The Morgan fingerprint density at radius 2 is 1.57 bits per heavy atom. The molecule has 0 spiro atoms. The van der Waals surface area contributed by atoms with Crippen LogP contribution in [-0.4, -0.2) is 63.3 Å². The highest BCUT2D eigenvalue weighted by Gasteiger charge is 2.52. The zero-order chi connectivity index (χ0) is 25.7. The molecule has 2 amide bonds. The van der Waals surface area contributed by atoms with Crippen LogP contribution in [0.2, 0.25) is 0 Å². The van der Waals surface area contributed by atoms with E-state index in [1.165, 1.54) is 6.92 Å². The van der Waals surface area contributed by atoms with Crippen LogP contribution >= 0.6 is 0 Å². The number of carboxylic acids is 2. The third kappa shape index (κ3) is 6.03. The first-order valence-corrected chi connectivity index (χ1v) is 10.9. The van der Waals surface area contributed by atoms with E-state index in [0.29, 0.717) is 0 Å². The number of nitrogens with zero attached hydrogens (tertiary/aromatic N) is 1. The lowest BCUT2D eigenvalue weighted by atomic mass is 9.93. The topological polar surface area (TPSA) is 148 Å². The maximum absolute atomic E-state index is 13.0. The Morgan fingerprint density at radius 3 is 2.11 bits per heavy atom. The summed E-state index contributed by atoms with van der Waals surface area (Å²) in [7, 11) is 0. The third-order valence-corrected chi connectivity index (χ3v) is 5.66. The molecule has 0 bridgehead atoms. The maximum atomic E-state index is 13.0. The smallest absolute Gasteiger partial charge is 0.417 e. The van der Waals surface area contributed by atoms with Gasteiger partial charge in [-0.15, -0.1) is 0 Å². The minimum Gasteiger partial charge on any atom is -0.481 e. The number of rotatable bonds is 10. The van der Waals surface area contributed by atoms with E-state index in [1.54, 1.807) is 0 Å². The quantitative estimate of drug-likeness (QED) is 0.487. The monoisotopic (exact) mass is 483 g/mol. The number of carboxylic acid groups (broad SMARTS) is 2. The van der Waals surface area contributed by atoms with Crippen molar-refractivity contribution in [1.82, 2.24) is 4.90 Å². The Hall–Kier alpha value is -4.21. The fraction of sp³-hybridized carbons (Fsp3) is 0.320. The van der Waals surface area contributed by atoms with E-state index in [0.717, 1.165) is 28.5 Å². The van der Waals surface area contributed by atoms with E-state index in [4.69, 9.17) is 4.74 Å². The number of carbonyl (C=O) groups is 5. The van der Waals surface area contributed by atoms with Crippen LogP contribution in [0.25, 0.3) is 11.1 Å². The van der Waals surface area contributed by atoms with Crippen LogP contribution in [0.5, 0.6) is 0 Å². The summed E-state index contributed by atoms with van der Waals surface area (Å²) in [5, 5.41) is 18.8. The van der Waals surface area contributed by atoms with Gasteiger partial charge >= 0.3 is 24.0 Å². The molecule has 2 aromatic carbocycles. The molecule has 0 aliphatic carbocycles. The second kappa shape index (κ2) is 10.8. The van der Waals surface area contributed by atoms with Gasteiger partial charge in [0, 0.05) is 13.0 Å². The average Bonchev–Trinajstić information content (AvgIpc) is 3.11. The number of hydrogen-bond donors (Lipinski definition) is 2. The van der Waals surface area contributed by atoms with E-state index < -0.39 is 54.1 Å². The normalized spacial score (nSPS) is 17.9. The van der Waals surface area contributed by atoms with Gasteiger partial charge < -0.3 is 19.7 Å². The first-order chi connectivity index (χ1) is 16.6. The minimum absolute atomic E-state index is 0.0887. The second-order valence-electron chi connectivity index (χ2n) is 8.28. The molecule has 0 aromatic heterocycles. The largest absolute Gasteiger partial charge is 0.481 e. The van der Waals surface area contributed by atoms with Crippen LogP contribution in [0.4, 0.5) is 4.79 Å². The molecule has 0 unspecified atom stereocenters. The Balaban J connectivity index is 1.87. The highest BCUT2D eigenvalue weighted by Crippen LogP contribution is 2.27. The van der Waals surface area contributed by atoms with Crippen LogP contribution < -0.4 is 0 Å². The number of imide groups is 1. The lowest BCUT2D eigenvalue weighted by Gasteiger charge is -2.26. The zero-order valence-corrected chi connectivity index (χ0v) is 19.1. The van der Waals surface area contributed by atoms with Crippen LogP contribution in [0.1, 0.15) is 25.8 Å². The maximum Gasteiger partial charge on any atom is 0.417 e. The summed E-state index contributed by atoms with van der Waals surface area (Å²) in [6.07, 6.45) is -4.98.